The Morgan fingerprint density at radius 3 is 2.48 bits per heavy atom. The fourth-order valence-corrected chi connectivity index (χ4v) is 8.53. The molecule has 3 aromatic rings. The minimum absolute atomic E-state index is 0.0662. The molecule has 4 aliphatic rings. The van der Waals surface area contributed by atoms with Crippen LogP contribution in [0.15, 0.2) is 42.6 Å². The normalized spacial score (nSPS) is 26.7. The third-order valence-corrected chi connectivity index (χ3v) is 10.6. The first-order valence-electron chi connectivity index (χ1n) is 15.4. The number of likely N-dealkylation sites (tertiary alicyclic amines) is 3. The van der Waals surface area contributed by atoms with E-state index >= 15 is 0 Å². The molecule has 3 aliphatic heterocycles. The van der Waals surface area contributed by atoms with Crippen molar-refractivity contribution in [1.82, 2.24) is 19.7 Å². The number of nitrogens with zero attached hydrogens (tertiary/aromatic N) is 4. The second kappa shape index (κ2) is 10.5. The second-order valence-electron chi connectivity index (χ2n) is 13.9. The summed E-state index contributed by atoms with van der Waals surface area (Å²) < 4.78 is 43.9. The number of aryl methyl sites for hydroxylation is 1. The molecule has 44 heavy (non-hydrogen) atoms. The van der Waals surface area contributed by atoms with Gasteiger partial charge in [-0.15, -0.1) is 0 Å². The lowest BCUT2D eigenvalue weighted by atomic mass is 9.56. The van der Waals surface area contributed by atoms with Crippen LogP contribution < -0.4 is 4.74 Å². The number of hydrogen-bond acceptors (Lipinski definition) is 5. The van der Waals surface area contributed by atoms with Gasteiger partial charge >= 0.3 is 6.18 Å². The number of halogens is 3. The van der Waals surface area contributed by atoms with Gasteiger partial charge in [-0.3, -0.25) is 14.6 Å². The maximum absolute atomic E-state index is 13.3. The number of nitrogens with one attached hydrogen (secondary N) is 1. The van der Waals surface area contributed by atoms with E-state index in [9.17, 15) is 23.2 Å². The molecule has 7 rings (SSSR count). The maximum Gasteiger partial charge on any atom is 0.401 e. The Morgan fingerprint density at radius 1 is 1.09 bits per heavy atom. The summed E-state index contributed by atoms with van der Waals surface area (Å²) >= 11 is 0. The van der Waals surface area contributed by atoms with Crippen molar-refractivity contribution < 1.29 is 22.7 Å². The number of aromatic amines is 1. The molecule has 1 aliphatic carbocycles. The van der Waals surface area contributed by atoms with Gasteiger partial charge in [0.25, 0.3) is 5.91 Å². The molecular weight excluding hydrogens is 567 g/mol. The van der Waals surface area contributed by atoms with Gasteiger partial charge in [-0.2, -0.15) is 18.4 Å². The molecule has 1 aromatic heterocycles. The Hall–Kier alpha value is -3.55. The number of aromatic nitrogens is 1. The van der Waals surface area contributed by atoms with E-state index in [-0.39, 0.29) is 28.7 Å². The van der Waals surface area contributed by atoms with Crippen LogP contribution in [0.4, 0.5) is 13.2 Å². The van der Waals surface area contributed by atoms with E-state index in [1.165, 1.54) is 4.90 Å². The lowest BCUT2D eigenvalue weighted by Crippen LogP contribution is -2.73. The zero-order valence-corrected chi connectivity index (χ0v) is 25.2. The monoisotopic (exact) mass is 605 g/mol. The predicted octanol–water partition coefficient (Wildman–Crippen LogP) is 6.06. The number of piperidine rings is 1. The number of fused-ring (bicyclic) bond motifs is 1. The lowest BCUT2D eigenvalue weighted by Gasteiger charge is -2.60. The minimum Gasteiger partial charge on any atom is -0.496 e. The van der Waals surface area contributed by atoms with Crippen LogP contribution in [0.2, 0.25) is 0 Å². The third-order valence-electron chi connectivity index (χ3n) is 10.6. The summed E-state index contributed by atoms with van der Waals surface area (Å²) in [5.41, 5.74) is 5.15. The number of benzene rings is 2. The Kier molecular flexibility index (Phi) is 6.98. The van der Waals surface area contributed by atoms with Crippen LogP contribution in [0.25, 0.3) is 10.9 Å². The van der Waals surface area contributed by atoms with Gasteiger partial charge in [-0.05, 0) is 80.0 Å². The smallest absolute Gasteiger partial charge is 0.401 e. The van der Waals surface area contributed by atoms with Crippen molar-refractivity contribution in [3.63, 3.8) is 0 Å². The average molecular weight is 606 g/mol. The van der Waals surface area contributed by atoms with Gasteiger partial charge in [0.05, 0.1) is 19.7 Å². The van der Waals surface area contributed by atoms with Gasteiger partial charge in [0.15, 0.2) is 0 Å². The number of carbonyl (C=O) groups is 1. The van der Waals surface area contributed by atoms with Gasteiger partial charge in [0.1, 0.15) is 5.75 Å². The minimum atomic E-state index is -4.19. The van der Waals surface area contributed by atoms with Crippen LogP contribution in [0.3, 0.4) is 0 Å². The summed E-state index contributed by atoms with van der Waals surface area (Å²) in [4.78, 5) is 22.3. The van der Waals surface area contributed by atoms with Gasteiger partial charge in [0.2, 0.25) is 0 Å². The highest BCUT2D eigenvalue weighted by atomic mass is 19.4. The molecule has 0 bridgehead atoms. The van der Waals surface area contributed by atoms with E-state index < -0.39 is 12.7 Å². The number of alkyl halides is 3. The Balaban J connectivity index is 1.08. The molecule has 1 saturated carbocycles. The van der Waals surface area contributed by atoms with Crippen molar-refractivity contribution >= 4 is 16.8 Å². The molecule has 0 unspecified atom stereocenters. The summed E-state index contributed by atoms with van der Waals surface area (Å²) in [6.07, 6.45) is 1.69. The third kappa shape index (κ3) is 5.14. The first-order valence-corrected chi connectivity index (χ1v) is 15.4. The molecule has 0 radical (unpaired) electrons. The molecule has 3 saturated heterocycles. The molecule has 4 fully saturated rings. The summed E-state index contributed by atoms with van der Waals surface area (Å²) in [7, 11) is 1.72. The first kappa shape index (κ1) is 29.2. The first-order chi connectivity index (χ1) is 21.0. The van der Waals surface area contributed by atoms with Crippen molar-refractivity contribution in [2.45, 2.75) is 51.4 Å². The summed E-state index contributed by atoms with van der Waals surface area (Å²) in [5.74, 6) is 0.946. The summed E-state index contributed by atoms with van der Waals surface area (Å²) in [6, 6.07) is 14.7. The highest BCUT2D eigenvalue weighted by Crippen LogP contribution is 2.57. The quantitative estimate of drug-likeness (QED) is 0.370. The average Bonchev–Trinajstić information content (AvgIpc) is 3.44. The molecule has 1 atom stereocenters. The van der Waals surface area contributed by atoms with Crippen LogP contribution in [-0.4, -0.2) is 78.1 Å². The van der Waals surface area contributed by atoms with Crippen molar-refractivity contribution in [2.24, 2.45) is 16.7 Å². The van der Waals surface area contributed by atoms with Crippen LogP contribution in [-0.2, 0) is 6.54 Å². The zero-order valence-electron chi connectivity index (χ0n) is 25.2. The zero-order chi connectivity index (χ0) is 30.9. The SMILES string of the molecule is COc1cc(C)c2[nH]ccc2c1CN1CCC2(CC(C#N)C2)C[C@H]1c1ccc(C(=O)N2CC3(CN(CC(F)(F)F)C3)C2)cc1. The van der Waals surface area contributed by atoms with Crippen molar-refractivity contribution in [3.05, 3.63) is 64.8 Å². The van der Waals surface area contributed by atoms with Crippen LogP contribution in [0, 0.1) is 35.0 Å². The van der Waals surface area contributed by atoms with Crippen LogP contribution >= 0.6 is 0 Å². The van der Waals surface area contributed by atoms with Gasteiger partial charge < -0.3 is 14.6 Å². The van der Waals surface area contributed by atoms with Crippen LogP contribution in [0.1, 0.15) is 58.8 Å². The summed E-state index contributed by atoms with van der Waals surface area (Å²) in [6.45, 7) is 4.63. The highest BCUT2D eigenvalue weighted by Gasteiger charge is 2.55. The lowest BCUT2D eigenvalue weighted by molar-refractivity contribution is -0.185. The number of methoxy groups -OCH3 is 1. The van der Waals surface area contributed by atoms with Gasteiger partial charge in [0, 0.05) is 78.3 Å². The van der Waals surface area contributed by atoms with Crippen molar-refractivity contribution in [2.75, 3.05) is 46.4 Å². The molecule has 232 valence electrons. The molecule has 2 aromatic carbocycles. The van der Waals surface area contributed by atoms with Crippen LogP contribution in [0.5, 0.6) is 5.75 Å². The number of rotatable bonds is 6. The van der Waals surface area contributed by atoms with E-state index in [0.29, 0.717) is 31.7 Å². The molecule has 7 nitrogen and oxygen atoms in total. The van der Waals surface area contributed by atoms with E-state index in [1.807, 2.05) is 18.3 Å². The fraction of sp³-hybridized carbons (Fsp3) is 0.529. The second-order valence-corrected chi connectivity index (χ2v) is 13.9. The molecule has 1 amide bonds. The van der Waals surface area contributed by atoms with Gasteiger partial charge in [-0.1, -0.05) is 12.1 Å². The number of nitriles is 1. The standard InChI is InChI=1S/C34H38F3N5O2/c1-22-11-29(44-2)27(26-7-9-39-30(22)26)16-41-10-8-32(12-23(13-32)15-38)14-28(41)24-3-5-25(6-4-24)31(43)42-19-33(20-42)17-40(18-33)21-34(35,36)37/h3-7,9,11,23,28,39H,8,10,12-14,16-21H2,1-2H3/t23?,28-,32?/m0/s1. The van der Waals surface area contributed by atoms with Gasteiger partial charge in [-0.25, -0.2) is 0 Å². The number of amides is 1. The maximum atomic E-state index is 13.3. The molecule has 4 heterocycles. The largest absolute Gasteiger partial charge is 0.496 e. The van der Waals surface area contributed by atoms with E-state index in [0.717, 1.165) is 72.1 Å². The fourth-order valence-electron chi connectivity index (χ4n) is 8.53. The van der Waals surface area contributed by atoms with E-state index in [2.05, 4.69) is 47.1 Å². The number of ether oxygens (including phenoxy) is 1. The Bertz CT molecular complexity index is 1600. The molecule has 2 spiro atoms. The Morgan fingerprint density at radius 2 is 1.82 bits per heavy atom. The van der Waals surface area contributed by atoms with E-state index in [1.54, 1.807) is 12.0 Å². The topological polar surface area (TPSA) is 75.6 Å². The molecule has 1 N–H and O–H groups in total. The number of hydrogen-bond donors (Lipinski definition) is 1. The Labute approximate surface area is 255 Å². The molecule has 10 heteroatoms. The van der Waals surface area contributed by atoms with Crippen molar-refractivity contribution in [1.29, 1.82) is 5.26 Å². The predicted molar refractivity (Wildman–Crippen MR) is 160 cm³/mol. The van der Waals surface area contributed by atoms with Crippen molar-refractivity contribution in [3.8, 4) is 11.8 Å². The number of H-pyrrole nitrogens is 1. The highest BCUT2D eigenvalue weighted by molar-refractivity contribution is 5.95. The van der Waals surface area contributed by atoms with E-state index in [4.69, 9.17) is 4.74 Å². The number of carbonyl (C=O) groups excluding carboxylic acids is 1. The molecular formula is C34H38F3N5O2. The summed E-state index contributed by atoms with van der Waals surface area (Å²) in [5, 5.41) is 10.7.